The first-order valence-corrected chi connectivity index (χ1v) is 13.5. The molecule has 0 spiro atoms. The van der Waals surface area contributed by atoms with Gasteiger partial charge in [-0.2, -0.15) is 4.98 Å². The number of anilines is 2. The number of fused-ring (bicyclic) bond motifs is 1. The third kappa shape index (κ3) is 7.99. The van der Waals surface area contributed by atoms with Crippen LogP contribution in [-0.2, 0) is 13.2 Å². The van der Waals surface area contributed by atoms with Crippen LogP contribution in [0.1, 0.15) is 24.5 Å². The number of aromatic nitrogens is 2. The van der Waals surface area contributed by atoms with Crippen molar-refractivity contribution in [3.05, 3.63) is 96.6 Å². The zero-order valence-electron chi connectivity index (χ0n) is 22.9. The first-order valence-electron chi connectivity index (χ1n) is 12.7. The van der Waals surface area contributed by atoms with E-state index in [1.165, 1.54) is 0 Å². The highest BCUT2D eigenvalue weighted by Crippen LogP contribution is 2.35. The average Bonchev–Trinajstić information content (AvgIpc) is 2.98. The average molecular weight is 545 g/mol. The van der Waals surface area contributed by atoms with E-state index in [0.29, 0.717) is 29.8 Å². The predicted molar refractivity (Wildman–Crippen MR) is 162 cm³/mol. The minimum atomic E-state index is 0.00949. The number of allylic oxidation sites excluding steroid dienone is 3. The molecule has 204 valence electrons. The molecule has 4 rings (SSSR count). The van der Waals surface area contributed by atoms with Crippen molar-refractivity contribution in [1.29, 1.82) is 0 Å². The molecule has 3 aromatic carbocycles. The molecule has 39 heavy (non-hydrogen) atoms. The monoisotopic (exact) mass is 544 g/mol. The molecule has 3 N–H and O–H groups in total. The van der Waals surface area contributed by atoms with Gasteiger partial charge in [-0.1, -0.05) is 79.9 Å². The first-order chi connectivity index (χ1) is 19.1. The van der Waals surface area contributed by atoms with E-state index in [-0.39, 0.29) is 6.61 Å². The van der Waals surface area contributed by atoms with Crippen LogP contribution in [-0.4, -0.2) is 36.3 Å². The topological polar surface area (TPSA) is 88.5 Å². The number of benzene rings is 3. The van der Waals surface area contributed by atoms with Crippen molar-refractivity contribution in [3.63, 3.8) is 0 Å². The molecular formula is C31H36N4O3S. The highest BCUT2D eigenvalue weighted by Gasteiger charge is 2.13. The van der Waals surface area contributed by atoms with Gasteiger partial charge in [0, 0.05) is 34.8 Å². The Hall–Kier alpha value is -4.01. The molecule has 0 radical (unpaired) electrons. The molecule has 0 saturated heterocycles. The van der Waals surface area contributed by atoms with Gasteiger partial charge in [-0.3, -0.25) is 0 Å². The maximum Gasteiger partial charge on any atom is 0.225 e. The first kappa shape index (κ1) is 29.5. The number of methoxy groups -OCH3 is 2. The van der Waals surface area contributed by atoms with Crippen molar-refractivity contribution in [2.45, 2.75) is 36.3 Å². The number of ether oxygens (including phenoxy) is 2. The lowest BCUT2D eigenvalue weighted by Crippen LogP contribution is -2.07. The maximum atomic E-state index is 9.66. The molecule has 0 saturated carbocycles. The summed E-state index contributed by atoms with van der Waals surface area (Å²) in [6.07, 6.45) is 6.89. The van der Waals surface area contributed by atoms with Gasteiger partial charge in [-0.05, 0) is 35.7 Å². The maximum absolute atomic E-state index is 9.66. The Morgan fingerprint density at radius 2 is 1.59 bits per heavy atom. The van der Waals surface area contributed by atoms with E-state index in [9.17, 15) is 5.11 Å². The van der Waals surface area contributed by atoms with Gasteiger partial charge in [0.15, 0.2) is 11.5 Å². The van der Waals surface area contributed by atoms with E-state index in [2.05, 4.69) is 52.3 Å². The summed E-state index contributed by atoms with van der Waals surface area (Å²) in [6, 6.07) is 19.8. The summed E-state index contributed by atoms with van der Waals surface area (Å²) in [5.41, 5.74) is 2.76. The molecule has 0 aliphatic rings. The van der Waals surface area contributed by atoms with Crippen LogP contribution in [0.2, 0.25) is 0 Å². The van der Waals surface area contributed by atoms with Crippen LogP contribution in [0.5, 0.6) is 11.5 Å². The number of hydrogen-bond donors (Lipinski definition) is 3. The molecule has 4 aromatic rings. The molecule has 0 unspecified atom stereocenters. The van der Waals surface area contributed by atoms with Gasteiger partial charge in [0.2, 0.25) is 5.95 Å². The Labute approximate surface area is 235 Å². The number of aliphatic hydroxyl groups excluding tert-OH is 1. The van der Waals surface area contributed by atoms with Crippen LogP contribution in [0, 0.1) is 0 Å². The van der Waals surface area contributed by atoms with Crippen molar-refractivity contribution < 1.29 is 14.6 Å². The summed E-state index contributed by atoms with van der Waals surface area (Å²) < 4.78 is 10.8. The molecule has 1 aromatic heterocycles. The van der Waals surface area contributed by atoms with Gasteiger partial charge in [0.1, 0.15) is 5.82 Å². The van der Waals surface area contributed by atoms with E-state index in [1.807, 2.05) is 61.7 Å². The van der Waals surface area contributed by atoms with Crippen molar-refractivity contribution in [2.24, 2.45) is 0 Å². The highest BCUT2D eigenvalue weighted by molar-refractivity contribution is 7.99. The summed E-state index contributed by atoms with van der Waals surface area (Å²) >= 11 is 1.64. The Morgan fingerprint density at radius 3 is 2.18 bits per heavy atom. The molecule has 0 bridgehead atoms. The second-order valence-electron chi connectivity index (χ2n) is 8.27. The molecule has 0 aliphatic carbocycles. The van der Waals surface area contributed by atoms with Crippen LogP contribution in [0.4, 0.5) is 11.8 Å². The van der Waals surface area contributed by atoms with Gasteiger partial charge in [0.25, 0.3) is 0 Å². The Bertz CT molecular complexity index is 1410. The van der Waals surface area contributed by atoms with Gasteiger partial charge >= 0.3 is 0 Å². The molecular weight excluding hydrogens is 508 g/mol. The zero-order valence-corrected chi connectivity index (χ0v) is 23.7. The fourth-order valence-corrected chi connectivity index (χ4v) is 4.80. The fourth-order valence-electron chi connectivity index (χ4n) is 3.73. The second kappa shape index (κ2) is 15.4. The SMILES string of the molecule is C=C/C=C\CC.CNc1nc(NCc2ccccc2Sc2ccccc2CO)nc2cc(OC)c(OC)cc12. The number of nitrogens with zero attached hydrogens (tertiary/aromatic N) is 2. The molecule has 0 aliphatic heterocycles. The molecule has 8 heteroatoms. The smallest absolute Gasteiger partial charge is 0.225 e. The molecule has 0 atom stereocenters. The molecule has 1 heterocycles. The normalized spacial score (nSPS) is 10.6. The lowest BCUT2D eigenvalue weighted by molar-refractivity contribution is 0.279. The zero-order chi connectivity index (χ0) is 28.0. The van der Waals surface area contributed by atoms with Gasteiger partial charge in [-0.25, -0.2) is 4.98 Å². The minimum Gasteiger partial charge on any atom is -0.493 e. The summed E-state index contributed by atoms with van der Waals surface area (Å²) in [7, 11) is 5.04. The van der Waals surface area contributed by atoms with Crippen LogP contribution in [0.3, 0.4) is 0 Å². The summed E-state index contributed by atoms with van der Waals surface area (Å²) in [4.78, 5) is 11.5. The largest absolute Gasteiger partial charge is 0.493 e. The van der Waals surface area contributed by atoms with Crippen LogP contribution in [0.25, 0.3) is 10.9 Å². The number of nitrogens with one attached hydrogen (secondary N) is 2. The number of rotatable bonds is 11. The number of aliphatic hydroxyl groups is 1. The van der Waals surface area contributed by atoms with E-state index < -0.39 is 0 Å². The third-order valence-corrected chi connectivity index (χ3v) is 6.95. The Kier molecular flexibility index (Phi) is 11.7. The lowest BCUT2D eigenvalue weighted by atomic mass is 10.2. The third-order valence-electron chi connectivity index (χ3n) is 5.72. The van der Waals surface area contributed by atoms with Gasteiger partial charge in [0.05, 0.1) is 26.3 Å². The predicted octanol–water partition coefficient (Wildman–Crippen LogP) is 7.08. The molecule has 0 fully saturated rings. The van der Waals surface area contributed by atoms with Crippen molar-refractivity contribution in [2.75, 3.05) is 31.9 Å². The van der Waals surface area contributed by atoms with Crippen molar-refractivity contribution >= 4 is 34.4 Å². The van der Waals surface area contributed by atoms with Gasteiger partial charge in [-0.15, -0.1) is 0 Å². The standard InChI is InChI=1S/C25H26N4O3S.C6H10/c1-26-24-18-12-20(31-2)21(32-3)13-19(18)28-25(29-24)27-14-16-8-4-6-10-22(16)33-23-11-7-5-9-17(23)15-30;1-3-5-6-4-2/h4-13,30H,14-15H2,1-3H3,(H2,26,27,28,29);3,5-6H,1,4H2,2H3/b;6-5-. The van der Waals surface area contributed by atoms with E-state index in [0.717, 1.165) is 38.2 Å². The Morgan fingerprint density at radius 1 is 0.949 bits per heavy atom. The van der Waals surface area contributed by atoms with Gasteiger partial charge < -0.3 is 25.2 Å². The second-order valence-corrected chi connectivity index (χ2v) is 9.36. The van der Waals surface area contributed by atoms with Crippen LogP contribution in [0.15, 0.2) is 95.3 Å². The Balaban J connectivity index is 0.000000631. The lowest BCUT2D eigenvalue weighted by Gasteiger charge is -2.14. The highest BCUT2D eigenvalue weighted by atomic mass is 32.2. The fraction of sp³-hybridized carbons (Fsp3) is 0.226. The van der Waals surface area contributed by atoms with E-state index in [4.69, 9.17) is 9.47 Å². The van der Waals surface area contributed by atoms with Crippen molar-refractivity contribution in [3.8, 4) is 11.5 Å². The van der Waals surface area contributed by atoms with Crippen LogP contribution >= 0.6 is 11.8 Å². The molecule has 7 nitrogen and oxygen atoms in total. The van der Waals surface area contributed by atoms with Crippen molar-refractivity contribution in [1.82, 2.24) is 9.97 Å². The summed E-state index contributed by atoms with van der Waals surface area (Å²) in [5.74, 6) is 2.44. The molecule has 0 amide bonds. The summed E-state index contributed by atoms with van der Waals surface area (Å²) in [6.45, 7) is 6.17. The van der Waals surface area contributed by atoms with E-state index in [1.54, 1.807) is 32.1 Å². The summed E-state index contributed by atoms with van der Waals surface area (Å²) in [5, 5.41) is 17.0. The van der Waals surface area contributed by atoms with Crippen LogP contribution < -0.4 is 20.1 Å². The number of hydrogen-bond acceptors (Lipinski definition) is 8. The minimum absolute atomic E-state index is 0.00949. The van der Waals surface area contributed by atoms with E-state index >= 15 is 0 Å². The quantitative estimate of drug-likeness (QED) is 0.173.